The Morgan fingerprint density at radius 3 is 2.91 bits per heavy atom. The lowest BCUT2D eigenvalue weighted by molar-refractivity contribution is -0.139. The van der Waals surface area contributed by atoms with E-state index < -0.39 is 0 Å². The highest BCUT2D eigenvalue weighted by Gasteiger charge is 2.31. The van der Waals surface area contributed by atoms with Gasteiger partial charge < -0.3 is 4.74 Å². The second-order valence-electron chi connectivity index (χ2n) is 5.34. The standard InChI is InChI=1S/C16H20N2O3S2/c1-4-21-14(19)10-23-16-17-13(8-12-6-5-7-22-12)15(20)18(16)9-11(2)3/h5-8,11H,4,9-10H2,1-3H3. The molecule has 1 amide bonds. The van der Waals surface area contributed by atoms with Gasteiger partial charge in [-0.3, -0.25) is 14.5 Å². The lowest BCUT2D eigenvalue weighted by atomic mass is 10.2. The number of hydrogen-bond acceptors (Lipinski definition) is 6. The van der Waals surface area contributed by atoms with Crippen LogP contribution in [0.3, 0.4) is 0 Å². The van der Waals surface area contributed by atoms with Crippen LogP contribution in [0.5, 0.6) is 0 Å². The molecular formula is C16H20N2O3S2. The van der Waals surface area contributed by atoms with Gasteiger partial charge in [0.25, 0.3) is 5.91 Å². The van der Waals surface area contributed by atoms with E-state index in [-0.39, 0.29) is 17.6 Å². The van der Waals surface area contributed by atoms with Crippen LogP contribution in [0.15, 0.2) is 28.2 Å². The Labute approximate surface area is 144 Å². The number of ether oxygens (including phenoxy) is 1. The van der Waals surface area contributed by atoms with Gasteiger partial charge in [0, 0.05) is 11.4 Å². The molecule has 1 aromatic heterocycles. The molecule has 2 heterocycles. The van der Waals surface area contributed by atoms with E-state index in [0.717, 1.165) is 4.88 Å². The van der Waals surface area contributed by atoms with Crippen molar-refractivity contribution in [2.45, 2.75) is 20.8 Å². The van der Waals surface area contributed by atoms with Crippen LogP contribution in [0.1, 0.15) is 25.6 Å². The summed E-state index contributed by atoms with van der Waals surface area (Å²) >= 11 is 2.80. The fourth-order valence-electron chi connectivity index (χ4n) is 2.00. The van der Waals surface area contributed by atoms with Crippen LogP contribution in [0, 0.1) is 5.92 Å². The fourth-order valence-corrected chi connectivity index (χ4v) is 3.46. The average Bonchev–Trinajstić information content (AvgIpc) is 3.09. The summed E-state index contributed by atoms with van der Waals surface area (Å²) in [5, 5.41) is 2.53. The van der Waals surface area contributed by atoms with Gasteiger partial charge in [0.2, 0.25) is 0 Å². The molecule has 124 valence electrons. The summed E-state index contributed by atoms with van der Waals surface area (Å²) in [5.74, 6) is 0.0561. The molecule has 1 aromatic rings. The first-order valence-electron chi connectivity index (χ1n) is 7.45. The first-order valence-corrected chi connectivity index (χ1v) is 9.32. The molecule has 0 saturated heterocycles. The number of esters is 1. The number of rotatable bonds is 6. The van der Waals surface area contributed by atoms with E-state index in [2.05, 4.69) is 4.99 Å². The third kappa shape index (κ3) is 4.94. The fraction of sp³-hybridized carbons (Fsp3) is 0.438. The van der Waals surface area contributed by atoms with Crippen LogP contribution in [0.2, 0.25) is 0 Å². The first-order chi connectivity index (χ1) is 11.0. The molecule has 0 aliphatic carbocycles. The number of carbonyl (C=O) groups is 2. The molecule has 1 aliphatic rings. The van der Waals surface area contributed by atoms with Gasteiger partial charge in [0.15, 0.2) is 5.17 Å². The van der Waals surface area contributed by atoms with E-state index in [4.69, 9.17) is 4.74 Å². The summed E-state index contributed by atoms with van der Waals surface area (Å²) in [6.07, 6.45) is 1.79. The predicted octanol–water partition coefficient (Wildman–Crippen LogP) is 3.24. The van der Waals surface area contributed by atoms with Gasteiger partial charge in [-0.1, -0.05) is 31.7 Å². The van der Waals surface area contributed by atoms with Crippen molar-refractivity contribution in [3.63, 3.8) is 0 Å². The summed E-state index contributed by atoms with van der Waals surface area (Å²) in [6.45, 7) is 6.79. The van der Waals surface area contributed by atoms with Gasteiger partial charge in [0.1, 0.15) is 5.70 Å². The average molecular weight is 352 g/mol. The van der Waals surface area contributed by atoms with E-state index in [1.165, 1.54) is 11.8 Å². The molecule has 0 radical (unpaired) electrons. The molecule has 0 aromatic carbocycles. The maximum absolute atomic E-state index is 12.6. The highest BCUT2D eigenvalue weighted by Crippen LogP contribution is 2.26. The highest BCUT2D eigenvalue weighted by atomic mass is 32.2. The van der Waals surface area contributed by atoms with Crippen LogP contribution in [0.25, 0.3) is 6.08 Å². The van der Waals surface area contributed by atoms with Crippen LogP contribution in [-0.2, 0) is 14.3 Å². The topological polar surface area (TPSA) is 59.0 Å². The van der Waals surface area contributed by atoms with Gasteiger partial charge in [-0.05, 0) is 30.4 Å². The molecule has 0 atom stereocenters. The van der Waals surface area contributed by atoms with Crippen molar-refractivity contribution in [3.05, 3.63) is 28.1 Å². The van der Waals surface area contributed by atoms with E-state index in [9.17, 15) is 9.59 Å². The monoisotopic (exact) mass is 352 g/mol. The van der Waals surface area contributed by atoms with E-state index in [1.807, 2.05) is 31.4 Å². The zero-order valence-electron chi connectivity index (χ0n) is 13.4. The van der Waals surface area contributed by atoms with Crippen molar-refractivity contribution < 1.29 is 14.3 Å². The molecule has 0 unspecified atom stereocenters. The molecule has 0 fully saturated rings. The van der Waals surface area contributed by atoms with Gasteiger partial charge >= 0.3 is 5.97 Å². The number of thiophene rings is 1. The van der Waals surface area contributed by atoms with Gasteiger partial charge in [-0.25, -0.2) is 4.99 Å². The number of hydrogen-bond donors (Lipinski definition) is 0. The SMILES string of the molecule is CCOC(=O)CSC1=NC(=Cc2cccs2)C(=O)N1CC(C)C. The lowest BCUT2D eigenvalue weighted by Gasteiger charge is -2.19. The Hall–Kier alpha value is -1.60. The second-order valence-corrected chi connectivity index (χ2v) is 7.26. The number of carbonyl (C=O) groups excluding carboxylic acids is 2. The molecule has 5 nitrogen and oxygen atoms in total. The molecule has 2 rings (SSSR count). The second kappa shape index (κ2) is 8.31. The molecule has 0 N–H and O–H groups in total. The smallest absolute Gasteiger partial charge is 0.316 e. The molecule has 0 saturated carbocycles. The van der Waals surface area contributed by atoms with Crippen LogP contribution >= 0.6 is 23.1 Å². The molecular weight excluding hydrogens is 332 g/mol. The van der Waals surface area contributed by atoms with Crippen molar-refractivity contribution in [3.8, 4) is 0 Å². The summed E-state index contributed by atoms with van der Waals surface area (Å²) < 4.78 is 4.93. The van der Waals surface area contributed by atoms with Crippen molar-refractivity contribution in [1.29, 1.82) is 0 Å². The summed E-state index contributed by atoms with van der Waals surface area (Å²) in [6, 6.07) is 3.87. The molecule has 0 bridgehead atoms. The van der Waals surface area contributed by atoms with E-state index in [0.29, 0.717) is 29.9 Å². The maximum Gasteiger partial charge on any atom is 0.316 e. The number of nitrogens with zero attached hydrogens (tertiary/aromatic N) is 2. The minimum absolute atomic E-state index is 0.113. The summed E-state index contributed by atoms with van der Waals surface area (Å²) in [4.78, 5) is 31.2. The van der Waals surface area contributed by atoms with Crippen LogP contribution in [-0.4, -0.2) is 40.8 Å². The number of thioether (sulfide) groups is 1. The predicted molar refractivity (Wildman–Crippen MR) is 95.4 cm³/mol. The molecule has 1 aliphatic heterocycles. The minimum atomic E-state index is -0.298. The Morgan fingerprint density at radius 2 is 2.30 bits per heavy atom. The van der Waals surface area contributed by atoms with E-state index >= 15 is 0 Å². The highest BCUT2D eigenvalue weighted by molar-refractivity contribution is 8.14. The van der Waals surface area contributed by atoms with Gasteiger partial charge in [-0.2, -0.15) is 0 Å². The van der Waals surface area contributed by atoms with Crippen molar-refractivity contribution in [1.82, 2.24) is 4.90 Å². The van der Waals surface area contributed by atoms with Crippen molar-refractivity contribution >= 4 is 46.2 Å². The zero-order valence-corrected chi connectivity index (χ0v) is 15.1. The Morgan fingerprint density at radius 1 is 1.52 bits per heavy atom. The third-order valence-corrected chi connectivity index (χ3v) is 4.67. The normalized spacial score (nSPS) is 16.3. The van der Waals surface area contributed by atoms with Gasteiger partial charge in [0.05, 0.1) is 12.4 Å². The van der Waals surface area contributed by atoms with Gasteiger partial charge in [-0.15, -0.1) is 11.3 Å². The lowest BCUT2D eigenvalue weighted by Crippen LogP contribution is -2.34. The maximum atomic E-state index is 12.6. The summed E-state index contributed by atoms with van der Waals surface area (Å²) in [7, 11) is 0. The zero-order chi connectivity index (χ0) is 16.8. The molecule has 7 heteroatoms. The Bertz CT molecular complexity index is 621. The minimum Gasteiger partial charge on any atom is -0.465 e. The Kier molecular flexibility index (Phi) is 6.41. The van der Waals surface area contributed by atoms with Crippen molar-refractivity contribution in [2.24, 2.45) is 10.9 Å². The Balaban J connectivity index is 2.16. The summed E-state index contributed by atoms with van der Waals surface area (Å²) in [5.41, 5.74) is 0.416. The van der Waals surface area contributed by atoms with Crippen molar-refractivity contribution in [2.75, 3.05) is 18.9 Å². The quantitative estimate of drug-likeness (QED) is 0.582. The van der Waals surface area contributed by atoms with Crippen LogP contribution < -0.4 is 0 Å². The number of amides is 1. The third-order valence-electron chi connectivity index (χ3n) is 2.91. The molecule has 0 spiro atoms. The van der Waals surface area contributed by atoms with Crippen LogP contribution in [0.4, 0.5) is 0 Å². The van der Waals surface area contributed by atoms with E-state index in [1.54, 1.807) is 29.2 Å². The largest absolute Gasteiger partial charge is 0.465 e. The number of aliphatic imine (C=N–C) groups is 1. The first kappa shape index (κ1) is 17.7. The molecule has 23 heavy (non-hydrogen) atoms. The number of amidine groups is 1.